The fraction of sp³-hybridized carbons (Fsp3) is 0.882. The van der Waals surface area contributed by atoms with Gasteiger partial charge in [0.1, 0.15) is 0 Å². The minimum Gasteiger partial charge on any atom is -0.378 e. The minimum absolute atomic E-state index is 0. The number of carbonyl (C=O) groups is 1. The third-order valence-corrected chi connectivity index (χ3v) is 4.30. The Labute approximate surface area is 169 Å². The summed E-state index contributed by atoms with van der Waals surface area (Å²) >= 11 is 0. The van der Waals surface area contributed by atoms with Crippen molar-refractivity contribution in [3.05, 3.63) is 0 Å². The van der Waals surface area contributed by atoms with Crippen LogP contribution < -0.4 is 16.4 Å². The number of carbonyl (C=O) groups excluding carboxylic acids is 1. The molecule has 0 aromatic heterocycles. The summed E-state index contributed by atoms with van der Waals surface area (Å²) in [5.74, 6) is 1.34. The van der Waals surface area contributed by atoms with E-state index in [2.05, 4.69) is 36.4 Å². The van der Waals surface area contributed by atoms with E-state index < -0.39 is 0 Å². The van der Waals surface area contributed by atoms with Crippen LogP contribution in [0.5, 0.6) is 0 Å². The molecule has 1 aliphatic heterocycles. The van der Waals surface area contributed by atoms with Gasteiger partial charge in [-0.05, 0) is 39.0 Å². The average molecular weight is 469 g/mol. The molecule has 0 spiro atoms. The van der Waals surface area contributed by atoms with Crippen LogP contribution in [0.1, 0.15) is 47.0 Å². The number of likely N-dealkylation sites (tertiary alicyclic amines) is 1. The second kappa shape index (κ2) is 13.4. The lowest BCUT2D eigenvalue weighted by Crippen LogP contribution is -2.50. The number of aliphatic imine (C=N–C) groups is 1. The summed E-state index contributed by atoms with van der Waals surface area (Å²) in [7, 11) is 0. The molecule has 1 aliphatic rings. The van der Waals surface area contributed by atoms with Crippen LogP contribution in [0, 0.1) is 5.92 Å². The van der Waals surface area contributed by atoms with Crippen molar-refractivity contribution in [2.24, 2.45) is 16.6 Å². The van der Waals surface area contributed by atoms with E-state index in [-0.39, 0.29) is 36.1 Å². The van der Waals surface area contributed by atoms with Gasteiger partial charge in [-0.3, -0.25) is 4.99 Å². The van der Waals surface area contributed by atoms with Gasteiger partial charge in [0.2, 0.25) is 0 Å². The van der Waals surface area contributed by atoms with Crippen molar-refractivity contribution in [3.63, 3.8) is 0 Å². The number of ether oxygens (including phenoxy) is 1. The highest BCUT2D eigenvalue weighted by Crippen LogP contribution is 2.11. The third kappa shape index (κ3) is 9.48. The van der Waals surface area contributed by atoms with Crippen molar-refractivity contribution in [2.75, 3.05) is 32.8 Å². The van der Waals surface area contributed by atoms with Crippen LogP contribution in [0.15, 0.2) is 4.99 Å². The van der Waals surface area contributed by atoms with E-state index in [1.165, 1.54) is 0 Å². The number of urea groups is 1. The van der Waals surface area contributed by atoms with E-state index in [1.54, 1.807) is 4.90 Å². The van der Waals surface area contributed by atoms with Crippen LogP contribution in [0.25, 0.3) is 0 Å². The molecule has 0 radical (unpaired) electrons. The van der Waals surface area contributed by atoms with Crippen LogP contribution in [0.4, 0.5) is 4.79 Å². The van der Waals surface area contributed by atoms with Gasteiger partial charge < -0.3 is 26.0 Å². The summed E-state index contributed by atoms with van der Waals surface area (Å²) in [5, 5.41) is 6.76. The van der Waals surface area contributed by atoms with Crippen LogP contribution in [0.2, 0.25) is 0 Å². The first-order valence-corrected chi connectivity index (χ1v) is 9.18. The molecule has 25 heavy (non-hydrogen) atoms. The zero-order valence-corrected chi connectivity index (χ0v) is 18.4. The molecule has 0 aliphatic carbocycles. The summed E-state index contributed by atoms with van der Waals surface area (Å²) < 4.78 is 5.77. The highest BCUT2D eigenvalue weighted by atomic mass is 127. The Balaban J connectivity index is 0.00000576. The Morgan fingerprint density at radius 2 is 1.96 bits per heavy atom. The molecule has 1 fully saturated rings. The summed E-state index contributed by atoms with van der Waals surface area (Å²) in [6.45, 7) is 12.2. The Morgan fingerprint density at radius 3 is 2.44 bits per heavy atom. The molecule has 7 nitrogen and oxygen atoms in total. The zero-order chi connectivity index (χ0) is 17.9. The number of primary amides is 1. The Bertz CT molecular complexity index is 398. The maximum absolute atomic E-state index is 11.2. The molecule has 1 heterocycles. The van der Waals surface area contributed by atoms with Gasteiger partial charge in [-0.1, -0.05) is 13.8 Å². The number of guanidine groups is 1. The SMILES string of the molecule is CCNC(=NCCC(OCC)C(C)C)NC1CCN(C(N)=O)CC1.I. The van der Waals surface area contributed by atoms with Crippen molar-refractivity contribution in [1.82, 2.24) is 15.5 Å². The molecule has 1 rings (SSSR count). The molecule has 0 aromatic rings. The molecule has 1 unspecified atom stereocenters. The number of nitrogens with zero attached hydrogens (tertiary/aromatic N) is 2. The Hall–Kier alpha value is -0.770. The van der Waals surface area contributed by atoms with Crippen molar-refractivity contribution in [3.8, 4) is 0 Å². The van der Waals surface area contributed by atoms with Gasteiger partial charge in [0.05, 0.1) is 6.10 Å². The predicted molar refractivity (Wildman–Crippen MR) is 114 cm³/mol. The number of hydrogen-bond acceptors (Lipinski definition) is 3. The van der Waals surface area contributed by atoms with Crippen molar-refractivity contribution >= 4 is 36.0 Å². The summed E-state index contributed by atoms with van der Waals surface area (Å²) in [6.07, 6.45) is 2.95. The number of rotatable bonds is 8. The largest absolute Gasteiger partial charge is 0.378 e. The normalized spacial score (nSPS) is 17.2. The highest BCUT2D eigenvalue weighted by Gasteiger charge is 2.21. The van der Waals surface area contributed by atoms with Gasteiger partial charge in [-0.15, -0.1) is 24.0 Å². The highest BCUT2D eigenvalue weighted by molar-refractivity contribution is 14.0. The van der Waals surface area contributed by atoms with E-state index >= 15 is 0 Å². The molecule has 148 valence electrons. The molecule has 4 N–H and O–H groups in total. The number of amides is 2. The number of nitrogens with one attached hydrogen (secondary N) is 2. The molecule has 0 aromatic carbocycles. The molecular formula is C17H36IN5O2. The van der Waals surface area contributed by atoms with Crippen molar-refractivity contribution < 1.29 is 9.53 Å². The molecule has 2 amide bonds. The first-order valence-electron chi connectivity index (χ1n) is 9.18. The van der Waals surface area contributed by atoms with Crippen LogP contribution in [-0.4, -0.2) is 61.8 Å². The Kier molecular flexibility index (Phi) is 13.0. The topological polar surface area (TPSA) is 92.0 Å². The van der Waals surface area contributed by atoms with E-state index in [0.717, 1.165) is 44.9 Å². The first-order chi connectivity index (χ1) is 11.5. The van der Waals surface area contributed by atoms with Gasteiger partial charge in [0.15, 0.2) is 5.96 Å². The lowest BCUT2D eigenvalue weighted by molar-refractivity contribution is 0.0266. The second-order valence-electron chi connectivity index (χ2n) is 6.53. The van der Waals surface area contributed by atoms with Crippen molar-refractivity contribution in [2.45, 2.75) is 59.1 Å². The zero-order valence-electron chi connectivity index (χ0n) is 16.1. The Morgan fingerprint density at radius 1 is 1.32 bits per heavy atom. The monoisotopic (exact) mass is 469 g/mol. The summed E-state index contributed by atoms with van der Waals surface area (Å²) in [5.41, 5.74) is 5.32. The number of nitrogens with two attached hydrogens (primary N) is 1. The lowest BCUT2D eigenvalue weighted by Gasteiger charge is -2.32. The standard InChI is InChI=1S/C17H35N5O2.HI/c1-5-19-17(20-10-7-15(13(3)4)24-6-2)21-14-8-11-22(12-9-14)16(18)23;/h13-15H,5-12H2,1-4H3,(H2,18,23)(H2,19,20,21);1H. The number of piperidine rings is 1. The van der Waals surface area contributed by atoms with Gasteiger partial charge in [0.25, 0.3) is 0 Å². The second-order valence-corrected chi connectivity index (χ2v) is 6.53. The number of hydrogen-bond donors (Lipinski definition) is 3. The van der Waals surface area contributed by atoms with Gasteiger partial charge in [-0.25, -0.2) is 4.79 Å². The molecular weight excluding hydrogens is 433 g/mol. The molecule has 8 heteroatoms. The summed E-state index contributed by atoms with van der Waals surface area (Å²) in [6, 6.07) is -0.00383. The van der Waals surface area contributed by atoms with Crippen molar-refractivity contribution in [1.29, 1.82) is 0 Å². The molecule has 1 atom stereocenters. The summed E-state index contributed by atoms with van der Waals surface area (Å²) in [4.78, 5) is 17.5. The maximum atomic E-state index is 11.2. The molecule has 1 saturated heterocycles. The van der Waals surface area contributed by atoms with Gasteiger partial charge >= 0.3 is 6.03 Å². The fourth-order valence-corrected chi connectivity index (χ4v) is 2.88. The third-order valence-electron chi connectivity index (χ3n) is 4.30. The van der Waals surface area contributed by atoms with E-state index in [1.807, 2.05) is 6.92 Å². The predicted octanol–water partition coefficient (Wildman–Crippen LogP) is 2.15. The first kappa shape index (κ1) is 24.2. The van der Waals surface area contributed by atoms with Crippen LogP contribution in [0.3, 0.4) is 0 Å². The fourth-order valence-electron chi connectivity index (χ4n) is 2.88. The van der Waals surface area contributed by atoms with Gasteiger partial charge in [0, 0.05) is 38.8 Å². The maximum Gasteiger partial charge on any atom is 0.314 e. The average Bonchev–Trinajstić information content (AvgIpc) is 2.54. The lowest BCUT2D eigenvalue weighted by atomic mass is 10.0. The van der Waals surface area contributed by atoms with E-state index in [0.29, 0.717) is 25.0 Å². The van der Waals surface area contributed by atoms with Crippen LogP contribution in [-0.2, 0) is 4.74 Å². The quantitative estimate of drug-likeness (QED) is 0.289. The van der Waals surface area contributed by atoms with E-state index in [9.17, 15) is 4.79 Å². The number of halogens is 1. The van der Waals surface area contributed by atoms with Crippen LogP contribution >= 0.6 is 24.0 Å². The van der Waals surface area contributed by atoms with Gasteiger partial charge in [-0.2, -0.15) is 0 Å². The smallest absolute Gasteiger partial charge is 0.314 e. The minimum atomic E-state index is -0.329. The van der Waals surface area contributed by atoms with E-state index in [4.69, 9.17) is 10.5 Å². The molecule has 0 bridgehead atoms. The molecule has 0 saturated carbocycles.